The maximum absolute atomic E-state index is 13.6. The summed E-state index contributed by atoms with van der Waals surface area (Å²) in [6.45, 7) is 1.81. The number of rotatable bonds is 3. The molecule has 2 aromatic rings. The molecule has 0 radical (unpaired) electrons. The molecule has 0 aliphatic carbocycles. The average molecular weight is 270 g/mol. The molecule has 17 heavy (non-hydrogen) atoms. The normalized spacial score (nSPS) is 10.5. The summed E-state index contributed by atoms with van der Waals surface area (Å²) in [5.41, 5.74) is -0.0692. The standard InChI is InChI=1S/C10H7FN2O2S2/c1-5-12-13-10(16-5)17-8-3-2-6(9(14)15)4-7(8)11/h2-4H,1H3,(H,14,15). The molecule has 1 aromatic carbocycles. The molecule has 1 heterocycles. The van der Waals surface area contributed by atoms with E-state index in [1.807, 2.05) is 6.92 Å². The first-order chi connectivity index (χ1) is 8.06. The Hall–Kier alpha value is -1.47. The first kappa shape index (κ1) is 12.0. The van der Waals surface area contributed by atoms with Crippen molar-refractivity contribution in [3.05, 3.63) is 34.6 Å². The Balaban J connectivity index is 2.25. The largest absolute Gasteiger partial charge is 0.478 e. The fourth-order valence-electron chi connectivity index (χ4n) is 1.13. The molecule has 0 saturated heterocycles. The molecule has 88 valence electrons. The van der Waals surface area contributed by atoms with Crippen molar-refractivity contribution in [2.45, 2.75) is 16.2 Å². The van der Waals surface area contributed by atoms with E-state index in [0.29, 0.717) is 9.24 Å². The second kappa shape index (κ2) is 4.80. The van der Waals surface area contributed by atoms with Crippen LogP contribution >= 0.6 is 23.1 Å². The highest BCUT2D eigenvalue weighted by Gasteiger charge is 2.11. The van der Waals surface area contributed by atoms with Gasteiger partial charge in [0.1, 0.15) is 10.8 Å². The van der Waals surface area contributed by atoms with Gasteiger partial charge in [-0.05, 0) is 25.1 Å². The van der Waals surface area contributed by atoms with Gasteiger partial charge < -0.3 is 5.11 Å². The molecular weight excluding hydrogens is 263 g/mol. The summed E-state index contributed by atoms with van der Waals surface area (Å²) in [5.74, 6) is -1.71. The van der Waals surface area contributed by atoms with Gasteiger partial charge in [-0.3, -0.25) is 0 Å². The zero-order valence-corrected chi connectivity index (χ0v) is 10.3. The molecule has 0 aliphatic heterocycles. The van der Waals surface area contributed by atoms with Crippen molar-refractivity contribution < 1.29 is 14.3 Å². The number of nitrogens with zero attached hydrogens (tertiary/aromatic N) is 2. The van der Waals surface area contributed by atoms with Gasteiger partial charge in [-0.25, -0.2) is 9.18 Å². The summed E-state index contributed by atoms with van der Waals surface area (Å²) in [5, 5.41) is 17.2. The van der Waals surface area contributed by atoms with Gasteiger partial charge in [0.05, 0.1) is 10.5 Å². The van der Waals surface area contributed by atoms with Crippen molar-refractivity contribution in [3.63, 3.8) is 0 Å². The zero-order chi connectivity index (χ0) is 12.4. The summed E-state index contributed by atoms with van der Waals surface area (Å²) in [7, 11) is 0. The number of aromatic nitrogens is 2. The Kier molecular flexibility index (Phi) is 3.39. The van der Waals surface area contributed by atoms with Crippen LogP contribution in [0.25, 0.3) is 0 Å². The van der Waals surface area contributed by atoms with Crippen molar-refractivity contribution in [3.8, 4) is 0 Å². The Morgan fingerprint density at radius 2 is 2.24 bits per heavy atom. The van der Waals surface area contributed by atoms with Gasteiger partial charge in [-0.1, -0.05) is 23.1 Å². The van der Waals surface area contributed by atoms with Gasteiger partial charge >= 0.3 is 5.97 Å². The number of benzene rings is 1. The molecular formula is C10H7FN2O2S2. The second-order valence-electron chi connectivity index (χ2n) is 3.14. The lowest BCUT2D eigenvalue weighted by Gasteiger charge is -2.00. The number of halogens is 1. The predicted octanol–water partition coefficient (Wildman–Crippen LogP) is 2.84. The molecule has 0 aliphatic rings. The molecule has 0 amide bonds. The predicted molar refractivity (Wildman–Crippen MR) is 62.1 cm³/mol. The Morgan fingerprint density at radius 1 is 1.47 bits per heavy atom. The summed E-state index contributed by atoms with van der Waals surface area (Å²) in [6.07, 6.45) is 0. The van der Waals surface area contributed by atoms with Crippen molar-refractivity contribution in [2.75, 3.05) is 0 Å². The van der Waals surface area contributed by atoms with E-state index >= 15 is 0 Å². The van der Waals surface area contributed by atoms with Crippen molar-refractivity contribution in [2.24, 2.45) is 0 Å². The van der Waals surface area contributed by atoms with Crippen LogP contribution in [0.3, 0.4) is 0 Å². The molecule has 0 saturated carbocycles. The lowest BCUT2D eigenvalue weighted by Crippen LogP contribution is -1.97. The van der Waals surface area contributed by atoms with Crippen molar-refractivity contribution in [1.82, 2.24) is 10.2 Å². The number of aryl methyl sites for hydroxylation is 1. The van der Waals surface area contributed by atoms with E-state index in [4.69, 9.17) is 5.11 Å². The molecule has 0 bridgehead atoms. The minimum atomic E-state index is -1.15. The summed E-state index contributed by atoms with van der Waals surface area (Å²) in [4.78, 5) is 11.0. The SMILES string of the molecule is Cc1nnc(Sc2ccc(C(=O)O)cc2F)s1. The molecule has 0 spiro atoms. The van der Waals surface area contributed by atoms with Gasteiger partial charge in [0, 0.05) is 0 Å². The number of aromatic carboxylic acids is 1. The Bertz CT molecular complexity index is 571. The number of hydrogen-bond donors (Lipinski definition) is 1. The summed E-state index contributed by atoms with van der Waals surface area (Å²) in [6, 6.07) is 3.79. The van der Waals surface area contributed by atoms with Crippen LogP contribution in [0, 0.1) is 12.7 Å². The lowest BCUT2D eigenvalue weighted by atomic mass is 10.2. The van der Waals surface area contributed by atoms with Crippen molar-refractivity contribution >= 4 is 29.1 Å². The molecule has 0 atom stereocenters. The first-order valence-corrected chi connectivity index (χ1v) is 6.20. The molecule has 1 N–H and O–H groups in total. The highest BCUT2D eigenvalue weighted by atomic mass is 32.2. The van der Waals surface area contributed by atoms with E-state index in [1.165, 1.54) is 23.5 Å². The topological polar surface area (TPSA) is 63.1 Å². The number of hydrogen-bond acceptors (Lipinski definition) is 5. The van der Waals surface area contributed by atoms with E-state index in [-0.39, 0.29) is 5.56 Å². The van der Waals surface area contributed by atoms with E-state index < -0.39 is 11.8 Å². The van der Waals surface area contributed by atoms with E-state index in [2.05, 4.69) is 10.2 Å². The molecule has 0 unspecified atom stereocenters. The van der Waals surface area contributed by atoms with E-state index in [0.717, 1.165) is 22.8 Å². The molecule has 4 nitrogen and oxygen atoms in total. The van der Waals surface area contributed by atoms with Crippen LogP contribution in [0.1, 0.15) is 15.4 Å². The number of carboxylic acid groups (broad SMARTS) is 1. The third-order valence-electron chi connectivity index (χ3n) is 1.88. The Morgan fingerprint density at radius 3 is 2.76 bits per heavy atom. The minimum absolute atomic E-state index is 0.0692. The van der Waals surface area contributed by atoms with Crippen LogP contribution in [-0.2, 0) is 0 Å². The summed E-state index contributed by atoms with van der Waals surface area (Å²) < 4.78 is 14.2. The van der Waals surface area contributed by atoms with Gasteiger partial charge in [-0.15, -0.1) is 10.2 Å². The maximum Gasteiger partial charge on any atom is 0.335 e. The molecule has 7 heteroatoms. The van der Waals surface area contributed by atoms with Gasteiger partial charge in [0.2, 0.25) is 0 Å². The average Bonchev–Trinajstić information content (AvgIpc) is 2.67. The van der Waals surface area contributed by atoms with Crippen LogP contribution in [0.5, 0.6) is 0 Å². The second-order valence-corrected chi connectivity index (χ2v) is 5.61. The quantitative estimate of drug-likeness (QED) is 0.929. The summed E-state index contributed by atoms with van der Waals surface area (Å²) >= 11 is 2.49. The van der Waals surface area contributed by atoms with Crippen molar-refractivity contribution in [1.29, 1.82) is 0 Å². The van der Waals surface area contributed by atoms with Crippen LogP contribution < -0.4 is 0 Å². The Labute approximate surface area is 105 Å². The highest BCUT2D eigenvalue weighted by Crippen LogP contribution is 2.31. The van der Waals surface area contributed by atoms with E-state index in [9.17, 15) is 9.18 Å². The molecule has 1 aromatic heterocycles. The molecule has 2 rings (SSSR count). The molecule has 0 fully saturated rings. The zero-order valence-electron chi connectivity index (χ0n) is 8.68. The smallest absolute Gasteiger partial charge is 0.335 e. The third-order valence-corrected chi connectivity index (χ3v) is 3.82. The lowest BCUT2D eigenvalue weighted by molar-refractivity contribution is 0.0696. The van der Waals surface area contributed by atoms with Crippen LogP contribution in [0.2, 0.25) is 0 Å². The van der Waals surface area contributed by atoms with Gasteiger partial charge in [-0.2, -0.15) is 0 Å². The van der Waals surface area contributed by atoms with Crippen LogP contribution in [0.4, 0.5) is 4.39 Å². The fraction of sp³-hybridized carbons (Fsp3) is 0.100. The fourth-order valence-corrected chi connectivity index (χ4v) is 2.91. The minimum Gasteiger partial charge on any atom is -0.478 e. The number of carboxylic acids is 1. The highest BCUT2D eigenvalue weighted by molar-refractivity contribution is 8.01. The first-order valence-electron chi connectivity index (χ1n) is 4.57. The van der Waals surface area contributed by atoms with Crippen LogP contribution in [-0.4, -0.2) is 21.3 Å². The van der Waals surface area contributed by atoms with E-state index in [1.54, 1.807) is 0 Å². The maximum atomic E-state index is 13.6. The third kappa shape index (κ3) is 2.80. The van der Waals surface area contributed by atoms with Gasteiger partial charge in [0.25, 0.3) is 0 Å². The monoisotopic (exact) mass is 270 g/mol. The van der Waals surface area contributed by atoms with Crippen LogP contribution in [0.15, 0.2) is 27.4 Å². The number of carbonyl (C=O) groups is 1. The van der Waals surface area contributed by atoms with Gasteiger partial charge in [0.15, 0.2) is 4.34 Å².